The molecule has 0 aromatic heterocycles. The number of hydrogen-bond donors (Lipinski definition) is 0. The fourth-order valence-electron chi connectivity index (χ4n) is 3.38. The smallest absolute Gasteiger partial charge is 0.393 e. The third-order valence-corrected chi connectivity index (χ3v) is 11.2. The van der Waals surface area contributed by atoms with Crippen molar-refractivity contribution in [1.82, 2.24) is 0 Å². The van der Waals surface area contributed by atoms with Gasteiger partial charge in [-0.25, -0.2) is 27.2 Å². The number of hydrogen-bond acceptors (Lipinski definition) is 4. The van der Waals surface area contributed by atoms with Gasteiger partial charge in [-0.2, -0.15) is 17.6 Å². The number of unbranched alkanes of at least 4 members (excludes halogenated alkanes) is 2. The Morgan fingerprint density at radius 2 is 0.943 bits per heavy atom. The normalized spacial score (nSPS) is 13.4. The van der Waals surface area contributed by atoms with E-state index >= 15 is 17.6 Å². The van der Waals surface area contributed by atoms with E-state index in [2.05, 4.69) is 22.6 Å². The van der Waals surface area contributed by atoms with Gasteiger partial charge in [-0.15, -0.1) is 0 Å². The first-order valence-corrected chi connectivity index (χ1v) is 13.6. The Bertz CT molecular complexity index is 719. The highest BCUT2D eigenvalue weighted by molar-refractivity contribution is 6.84. The maximum Gasteiger partial charge on any atom is 0.462 e. The molecule has 0 aromatic rings. The number of rotatable bonds is 16. The van der Waals surface area contributed by atoms with Crippen LogP contribution < -0.4 is 0 Å². The van der Waals surface area contributed by atoms with E-state index < -0.39 is 66.6 Å². The Balaban J connectivity index is 6.29. The number of ether oxygens (including phenoxy) is 2. The first-order chi connectivity index (χ1) is 15.9. The molecule has 0 aromatic carbocycles. The lowest BCUT2D eigenvalue weighted by molar-refractivity contribution is -0.325. The molecule has 0 radical (unpaired) electrons. The third kappa shape index (κ3) is 6.65. The SMILES string of the molecule is C=C(CCCC)C(=O)OC(F)(F)C(F)(F)[Si](CC)(CC)C(F)(F)C(F)(F)OC(=O)C(=C)CCCC. The lowest BCUT2D eigenvalue weighted by atomic mass is 10.1. The minimum Gasteiger partial charge on any atom is -0.393 e. The number of carbonyl (C=O) groups is 2. The predicted molar refractivity (Wildman–Crippen MR) is 116 cm³/mol. The van der Waals surface area contributed by atoms with Gasteiger partial charge in [0.2, 0.25) is 8.07 Å². The van der Waals surface area contributed by atoms with Gasteiger partial charge in [0.1, 0.15) is 0 Å². The van der Waals surface area contributed by atoms with Gasteiger partial charge in [-0.3, -0.25) is 0 Å². The van der Waals surface area contributed by atoms with Gasteiger partial charge in [-0.05, 0) is 37.8 Å². The summed E-state index contributed by atoms with van der Waals surface area (Å²) in [7, 11) is -6.50. The minimum atomic E-state index is -6.50. The average molecular weight is 541 g/mol. The van der Waals surface area contributed by atoms with Crippen LogP contribution in [-0.2, 0) is 19.1 Å². The molecule has 0 saturated carbocycles. The number of halogens is 8. The van der Waals surface area contributed by atoms with Crippen molar-refractivity contribution < 1.29 is 54.2 Å². The van der Waals surface area contributed by atoms with Crippen LogP contribution in [-0.4, -0.2) is 43.3 Å². The molecule has 204 valence electrons. The maximum absolute atomic E-state index is 15.1. The van der Waals surface area contributed by atoms with Crippen molar-refractivity contribution in [2.45, 2.75) is 102 Å². The summed E-state index contributed by atoms with van der Waals surface area (Å²) in [5.41, 5.74) is -13.0. The lowest BCUT2D eigenvalue weighted by Crippen LogP contribution is -2.76. The summed E-state index contributed by atoms with van der Waals surface area (Å²) in [5.74, 6) is -3.93. The second-order valence-corrected chi connectivity index (χ2v) is 13.0. The van der Waals surface area contributed by atoms with Crippen molar-refractivity contribution in [2.24, 2.45) is 0 Å². The van der Waals surface area contributed by atoms with Crippen LogP contribution in [0.1, 0.15) is 66.2 Å². The summed E-state index contributed by atoms with van der Waals surface area (Å²) >= 11 is 0. The molecule has 0 aliphatic carbocycles. The van der Waals surface area contributed by atoms with Crippen molar-refractivity contribution in [2.75, 3.05) is 0 Å². The first kappa shape index (κ1) is 33.1. The fraction of sp³-hybridized carbons (Fsp3) is 0.727. The number of esters is 2. The Hall–Kier alpha value is -1.92. The maximum atomic E-state index is 15.1. The number of alkyl halides is 8. The van der Waals surface area contributed by atoms with Crippen molar-refractivity contribution in [1.29, 1.82) is 0 Å². The molecule has 0 aliphatic heterocycles. The summed E-state index contributed by atoms with van der Waals surface area (Å²) in [4.78, 5) is 23.7. The van der Waals surface area contributed by atoms with E-state index in [1.807, 2.05) is 0 Å². The second-order valence-electron chi connectivity index (χ2n) is 8.16. The van der Waals surface area contributed by atoms with Gasteiger partial charge < -0.3 is 9.47 Å². The summed E-state index contributed by atoms with van der Waals surface area (Å²) in [6.45, 7) is 10.9. The monoisotopic (exact) mass is 540 g/mol. The highest BCUT2D eigenvalue weighted by Crippen LogP contribution is 2.56. The molecule has 0 fully saturated rings. The molecule has 0 heterocycles. The topological polar surface area (TPSA) is 52.6 Å². The van der Waals surface area contributed by atoms with E-state index in [1.54, 1.807) is 13.8 Å². The van der Waals surface area contributed by atoms with Gasteiger partial charge in [0.25, 0.3) is 0 Å². The minimum absolute atomic E-state index is 0.187. The van der Waals surface area contributed by atoms with E-state index in [0.717, 1.165) is 0 Å². The Kier molecular flexibility index (Phi) is 11.7. The predicted octanol–water partition coefficient (Wildman–Crippen LogP) is 7.59. The summed E-state index contributed by atoms with van der Waals surface area (Å²) < 4.78 is 126. The Morgan fingerprint density at radius 1 is 0.657 bits per heavy atom. The van der Waals surface area contributed by atoms with Crippen LogP contribution in [0.25, 0.3) is 0 Å². The van der Waals surface area contributed by atoms with E-state index in [0.29, 0.717) is 26.7 Å². The van der Waals surface area contributed by atoms with Gasteiger partial charge in [0.05, 0.1) is 0 Å². The Morgan fingerprint density at radius 3 is 1.17 bits per heavy atom. The largest absolute Gasteiger partial charge is 0.462 e. The molecule has 4 nitrogen and oxygen atoms in total. The molecule has 0 bridgehead atoms. The molecule has 0 N–H and O–H groups in total. The zero-order valence-electron chi connectivity index (χ0n) is 20.2. The second kappa shape index (κ2) is 12.4. The number of carbonyl (C=O) groups excluding carboxylic acids is 2. The van der Waals surface area contributed by atoms with Crippen LogP contribution in [0.4, 0.5) is 35.1 Å². The zero-order valence-corrected chi connectivity index (χ0v) is 21.2. The molecule has 0 saturated heterocycles. The van der Waals surface area contributed by atoms with E-state index in [4.69, 9.17) is 0 Å². The van der Waals surface area contributed by atoms with Crippen LogP contribution >= 0.6 is 0 Å². The van der Waals surface area contributed by atoms with Crippen molar-refractivity contribution >= 4 is 20.0 Å². The summed E-state index contributed by atoms with van der Waals surface area (Å²) in [6, 6.07) is -2.98. The standard InChI is InChI=1S/C22H32F8O4Si/c1-7-11-13-15(5)17(31)33-19(23,24)21(27,28)35(9-3,10-4)22(29,30)20(25,26)34-18(32)16(6)14-12-8-2/h5-14H2,1-4H3. The van der Waals surface area contributed by atoms with E-state index in [1.165, 1.54) is 0 Å². The van der Waals surface area contributed by atoms with Crippen LogP contribution in [0.2, 0.25) is 12.1 Å². The summed E-state index contributed by atoms with van der Waals surface area (Å²) in [5, 5.41) is 0. The molecule has 13 heteroatoms. The molecule has 0 aliphatic rings. The fourth-order valence-corrected chi connectivity index (χ4v) is 7.27. The molecule has 0 rings (SSSR count). The Labute approximate surface area is 200 Å². The highest BCUT2D eigenvalue weighted by atomic mass is 28.3. The van der Waals surface area contributed by atoms with Crippen LogP contribution in [0.5, 0.6) is 0 Å². The van der Waals surface area contributed by atoms with Gasteiger partial charge in [0.15, 0.2) is 0 Å². The van der Waals surface area contributed by atoms with E-state index in [-0.39, 0.29) is 25.7 Å². The van der Waals surface area contributed by atoms with Crippen molar-refractivity contribution in [3.05, 3.63) is 24.3 Å². The van der Waals surface area contributed by atoms with Crippen molar-refractivity contribution in [3.8, 4) is 0 Å². The van der Waals surface area contributed by atoms with Crippen molar-refractivity contribution in [3.63, 3.8) is 0 Å². The average Bonchev–Trinajstić information content (AvgIpc) is 2.75. The molecule has 35 heavy (non-hydrogen) atoms. The molecular weight excluding hydrogens is 508 g/mol. The van der Waals surface area contributed by atoms with Crippen LogP contribution in [0, 0.1) is 0 Å². The molecular formula is C22H32F8O4Si. The first-order valence-electron chi connectivity index (χ1n) is 11.2. The highest BCUT2D eigenvalue weighted by Gasteiger charge is 2.85. The van der Waals surface area contributed by atoms with Gasteiger partial charge in [0, 0.05) is 11.1 Å². The van der Waals surface area contributed by atoms with Gasteiger partial charge in [-0.1, -0.05) is 53.7 Å². The molecule has 0 unspecified atom stereocenters. The molecule has 0 amide bonds. The third-order valence-electron chi connectivity index (χ3n) is 5.82. The lowest BCUT2D eigenvalue weighted by Gasteiger charge is -2.45. The molecule has 0 atom stereocenters. The van der Waals surface area contributed by atoms with Crippen LogP contribution in [0.3, 0.4) is 0 Å². The summed E-state index contributed by atoms with van der Waals surface area (Å²) in [6.07, 6.45) is -10.6. The van der Waals surface area contributed by atoms with E-state index in [9.17, 15) is 27.2 Å². The molecule has 0 spiro atoms. The quantitative estimate of drug-likeness (QED) is 0.0876. The van der Waals surface area contributed by atoms with Crippen LogP contribution in [0.15, 0.2) is 24.3 Å². The van der Waals surface area contributed by atoms with Gasteiger partial charge >= 0.3 is 35.2 Å². The zero-order chi connectivity index (χ0) is 27.9.